The molecule has 0 radical (unpaired) electrons. The third-order valence-electron chi connectivity index (χ3n) is 2.74. The zero-order valence-electron chi connectivity index (χ0n) is 9.71. The molecule has 0 unspecified atom stereocenters. The maximum Gasteiger partial charge on any atom is 0.303 e. The predicted octanol–water partition coefficient (Wildman–Crippen LogP) is 1.69. The number of allylic oxidation sites excluding steroid dienone is 1. The van der Waals surface area contributed by atoms with Crippen molar-refractivity contribution in [2.75, 3.05) is 7.11 Å². The number of fused-ring (bicyclic) bond motifs is 1. The lowest BCUT2D eigenvalue weighted by Gasteiger charge is -2.06. The molecule has 0 fully saturated rings. The summed E-state index contributed by atoms with van der Waals surface area (Å²) >= 11 is 0. The van der Waals surface area contributed by atoms with E-state index in [1.165, 1.54) is 13.2 Å². The molecule has 5 nitrogen and oxygen atoms in total. The van der Waals surface area contributed by atoms with Crippen molar-refractivity contribution in [2.45, 2.75) is 17.7 Å². The van der Waals surface area contributed by atoms with Crippen molar-refractivity contribution < 1.29 is 23.1 Å². The molecule has 0 amide bonds. The molecule has 1 heterocycles. The Kier molecular flexibility index (Phi) is 3.13. The molecule has 0 aliphatic carbocycles. The number of methoxy groups -OCH3 is 1. The topological polar surface area (TPSA) is 80.7 Å². The highest BCUT2D eigenvalue weighted by Crippen LogP contribution is 2.37. The summed E-state index contributed by atoms with van der Waals surface area (Å²) in [6.07, 6.45) is 0.0900. The smallest absolute Gasteiger partial charge is 0.303 e. The zero-order chi connectivity index (χ0) is 13.3. The molecule has 1 aromatic carbocycles. The van der Waals surface area contributed by atoms with Gasteiger partial charge in [0.15, 0.2) is 0 Å². The fourth-order valence-electron chi connectivity index (χ4n) is 1.88. The van der Waals surface area contributed by atoms with E-state index < -0.39 is 15.8 Å². The lowest BCUT2D eigenvalue weighted by Crippen LogP contribution is -1.95. The molecular weight excluding hydrogens is 256 g/mol. The van der Waals surface area contributed by atoms with Crippen molar-refractivity contribution in [1.82, 2.24) is 0 Å². The van der Waals surface area contributed by atoms with Gasteiger partial charge < -0.3 is 9.84 Å². The van der Waals surface area contributed by atoms with E-state index in [0.29, 0.717) is 16.9 Å². The molecule has 0 spiro atoms. The van der Waals surface area contributed by atoms with Crippen molar-refractivity contribution >= 4 is 21.4 Å². The third kappa shape index (κ3) is 2.24. The first-order valence-corrected chi connectivity index (χ1v) is 6.84. The van der Waals surface area contributed by atoms with E-state index in [0.717, 1.165) is 5.41 Å². The fourth-order valence-corrected chi connectivity index (χ4v) is 3.39. The van der Waals surface area contributed by atoms with Gasteiger partial charge in [-0.25, -0.2) is 8.42 Å². The minimum atomic E-state index is -3.44. The highest BCUT2D eigenvalue weighted by molar-refractivity contribution is 7.95. The molecule has 0 saturated carbocycles. The van der Waals surface area contributed by atoms with Gasteiger partial charge in [-0.15, -0.1) is 0 Å². The summed E-state index contributed by atoms with van der Waals surface area (Å²) in [5.41, 5.74) is 1.06. The first-order chi connectivity index (χ1) is 8.44. The van der Waals surface area contributed by atoms with Crippen molar-refractivity contribution in [3.8, 4) is 5.75 Å². The minimum Gasteiger partial charge on any atom is -0.497 e. The highest BCUT2D eigenvalue weighted by Gasteiger charge is 2.27. The maximum absolute atomic E-state index is 11.8. The molecule has 2 rings (SSSR count). The van der Waals surface area contributed by atoms with Crippen LogP contribution in [0.2, 0.25) is 0 Å². The van der Waals surface area contributed by atoms with Crippen LogP contribution in [0.15, 0.2) is 28.5 Å². The number of ether oxygens (including phenoxy) is 1. The van der Waals surface area contributed by atoms with Gasteiger partial charge in [0.1, 0.15) is 5.75 Å². The van der Waals surface area contributed by atoms with E-state index in [4.69, 9.17) is 9.84 Å². The van der Waals surface area contributed by atoms with Gasteiger partial charge in [-0.05, 0) is 30.2 Å². The van der Waals surface area contributed by atoms with Gasteiger partial charge in [0.05, 0.1) is 12.0 Å². The quantitative estimate of drug-likeness (QED) is 0.898. The van der Waals surface area contributed by atoms with Crippen LogP contribution >= 0.6 is 0 Å². The van der Waals surface area contributed by atoms with Crippen LogP contribution in [0.25, 0.3) is 5.57 Å². The molecular formula is C12H12O5S. The Balaban J connectivity index is 2.44. The van der Waals surface area contributed by atoms with Crippen molar-refractivity contribution in [3.05, 3.63) is 29.2 Å². The molecule has 1 aliphatic heterocycles. The van der Waals surface area contributed by atoms with Crippen molar-refractivity contribution in [2.24, 2.45) is 0 Å². The lowest BCUT2D eigenvalue weighted by molar-refractivity contribution is -0.136. The second-order valence-corrected chi connectivity index (χ2v) is 5.71. The number of rotatable bonds is 4. The van der Waals surface area contributed by atoms with Crippen LogP contribution in [0.4, 0.5) is 0 Å². The molecule has 18 heavy (non-hydrogen) atoms. The van der Waals surface area contributed by atoms with Crippen LogP contribution in [0.1, 0.15) is 18.4 Å². The number of carboxylic acid groups (broad SMARTS) is 1. The first-order valence-electron chi connectivity index (χ1n) is 5.30. The van der Waals surface area contributed by atoms with Crippen LogP contribution in [0.5, 0.6) is 5.75 Å². The van der Waals surface area contributed by atoms with Crippen molar-refractivity contribution in [3.63, 3.8) is 0 Å². The Morgan fingerprint density at radius 3 is 2.72 bits per heavy atom. The Morgan fingerprint density at radius 2 is 2.11 bits per heavy atom. The SMILES string of the molecule is COc1ccc2c(c1)C(CCC(=O)O)=CS2(=O)=O. The molecule has 1 aromatic rings. The van der Waals surface area contributed by atoms with E-state index in [1.54, 1.807) is 12.1 Å². The number of aliphatic carboxylic acids is 1. The number of carbonyl (C=O) groups is 1. The van der Waals surface area contributed by atoms with Gasteiger partial charge in [-0.2, -0.15) is 0 Å². The first kappa shape index (κ1) is 12.6. The Morgan fingerprint density at radius 1 is 1.39 bits per heavy atom. The van der Waals surface area contributed by atoms with Gasteiger partial charge in [0.25, 0.3) is 0 Å². The van der Waals surface area contributed by atoms with Crippen LogP contribution < -0.4 is 4.74 Å². The van der Waals surface area contributed by atoms with Gasteiger partial charge in [0.2, 0.25) is 9.84 Å². The lowest BCUT2D eigenvalue weighted by atomic mass is 10.0. The molecule has 96 valence electrons. The summed E-state index contributed by atoms with van der Waals surface area (Å²) in [4.78, 5) is 10.8. The van der Waals surface area contributed by atoms with Crippen LogP contribution in [0, 0.1) is 0 Å². The standard InChI is InChI=1S/C12H12O5S/c1-17-9-3-4-11-10(6-9)8(2-5-12(13)14)7-18(11,15)16/h3-4,6-7H,2,5H2,1H3,(H,13,14). The fraction of sp³-hybridized carbons (Fsp3) is 0.250. The number of benzene rings is 1. The van der Waals surface area contributed by atoms with Gasteiger partial charge >= 0.3 is 5.97 Å². The minimum absolute atomic E-state index is 0.0992. The van der Waals surface area contributed by atoms with E-state index in [2.05, 4.69) is 0 Å². The second-order valence-electron chi connectivity index (χ2n) is 3.94. The zero-order valence-corrected chi connectivity index (χ0v) is 10.5. The van der Waals surface area contributed by atoms with Gasteiger partial charge in [-0.1, -0.05) is 0 Å². The van der Waals surface area contributed by atoms with E-state index in [-0.39, 0.29) is 17.7 Å². The largest absolute Gasteiger partial charge is 0.497 e. The van der Waals surface area contributed by atoms with Gasteiger partial charge in [0, 0.05) is 17.4 Å². The van der Waals surface area contributed by atoms with Crippen LogP contribution in [-0.4, -0.2) is 26.6 Å². The van der Waals surface area contributed by atoms with Gasteiger partial charge in [-0.3, -0.25) is 4.79 Å². The number of carboxylic acids is 1. The summed E-state index contributed by atoms with van der Waals surface area (Å²) in [7, 11) is -1.95. The Labute approximate surface area is 105 Å². The van der Waals surface area contributed by atoms with Crippen LogP contribution in [-0.2, 0) is 14.6 Å². The summed E-state index contributed by atoms with van der Waals surface area (Å²) in [5.74, 6) is -0.406. The summed E-state index contributed by atoms with van der Waals surface area (Å²) in [6.45, 7) is 0. The highest BCUT2D eigenvalue weighted by atomic mass is 32.2. The second kappa shape index (κ2) is 4.45. The predicted molar refractivity (Wildman–Crippen MR) is 65.0 cm³/mol. The third-order valence-corrected chi connectivity index (χ3v) is 4.31. The number of hydrogen-bond acceptors (Lipinski definition) is 4. The molecule has 1 aliphatic rings. The van der Waals surface area contributed by atoms with E-state index in [1.807, 2.05) is 0 Å². The molecule has 0 atom stereocenters. The molecule has 1 N–H and O–H groups in total. The maximum atomic E-state index is 11.8. The molecule has 6 heteroatoms. The Bertz CT molecular complexity index is 628. The monoisotopic (exact) mass is 268 g/mol. The summed E-state index contributed by atoms with van der Waals surface area (Å²) < 4.78 is 28.7. The van der Waals surface area contributed by atoms with Crippen molar-refractivity contribution in [1.29, 1.82) is 0 Å². The molecule has 0 bridgehead atoms. The molecule has 0 aromatic heterocycles. The molecule has 0 saturated heterocycles. The number of sulfone groups is 1. The Hall–Kier alpha value is -1.82. The normalized spacial score (nSPS) is 15.9. The van der Waals surface area contributed by atoms with E-state index >= 15 is 0 Å². The number of hydrogen-bond donors (Lipinski definition) is 1. The average molecular weight is 268 g/mol. The summed E-state index contributed by atoms with van der Waals surface area (Å²) in [5, 5.41) is 9.79. The average Bonchev–Trinajstić information content (AvgIpc) is 2.58. The van der Waals surface area contributed by atoms with E-state index in [9.17, 15) is 13.2 Å². The summed E-state index contributed by atoms with van der Waals surface area (Å²) in [6, 6.07) is 4.67. The van der Waals surface area contributed by atoms with Crippen LogP contribution in [0.3, 0.4) is 0 Å².